The first kappa shape index (κ1) is 20.6. The van der Waals surface area contributed by atoms with Crippen molar-refractivity contribution in [3.05, 3.63) is 78.9 Å². The summed E-state index contributed by atoms with van der Waals surface area (Å²) in [6, 6.07) is 6.85. The van der Waals surface area contributed by atoms with Gasteiger partial charge in [0.25, 0.3) is 11.4 Å². The first-order chi connectivity index (χ1) is 13.6. The van der Waals surface area contributed by atoms with Gasteiger partial charge in [-0.05, 0) is 12.1 Å². The number of aromatic carboxylic acids is 2. The molecular formula is C16H8N2O11. The molecule has 2 N–H and O–H groups in total. The monoisotopic (exact) mass is 404 g/mol. The van der Waals surface area contributed by atoms with Crippen molar-refractivity contribution in [2.75, 3.05) is 0 Å². The number of cyclic esters (lactones) is 2. The van der Waals surface area contributed by atoms with Gasteiger partial charge in [-0.1, -0.05) is 12.1 Å². The van der Waals surface area contributed by atoms with E-state index in [0.717, 1.165) is 24.3 Å². The molecule has 0 bridgehead atoms. The van der Waals surface area contributed by atoms with Gasteiger partial charge in [0, 0.05) is 12.1 Å². The second kappa shape index (κ2) is 7.91. The fourth-order valence-electron chi connectivity index (χ4n) is 2.36. The lowest BCUT2D eigenvalue weighted by atomic mass is 10.1. The molecule has 0 spiro atoms. The zero-order valence-corrected chi connectivity index (χ0v) is 13.9. The molecular weight excluding hydrogens is 396 g/mol. The summed E-state index contributed by atoms with van der Waals surface area (Å²) in [6.45, 7) is 0. The third kappa shape index (κ3) is 4.02. The van der Waals surface area contributed by atoms with Crippen molar-refractivity contribution in [3.63, 3.8) is 0 Å². The number of hydrogen-bond donors (Lipinski definition) is 2. The van der Waals surface area contributed by atoms with Gasteiger partial charge in [-0.15, -0.1) is 0 Å². The maximum atomic E-state index is 11.1. The van der Waals surface area contributed by atoms with Crippen LogP contribution in [0.3, 0.4) is 0 Å². The van der Waals surface area contributed by atoms with Crippen molar-refractivity contribution in [3.8, 4) is 0 Å². The van der Waals surface area contributed by atoms with Gasteiger partial charge < -0.3 is 14.9 Å². The first-order valence-electron chi connectivity index (χ1n) is 7.34. The maximum Gasteiger partial charge on any atom is 0.353 e. The zero-order chi connectivity index (χ0) is 21.9. The summed E-state index contributed by atoms with van der Waals surface area (Å²) in [5.74, 6) is -4.96. The minimum atomic E-state index is -1.64. The molecule has 2 aromatic carbocycles. The Hall–Kier alpha value is -4.68. The highest BCUT2D eigenvalue weighted by Crippen LogP contribution is 2.28. The van der Waals surface area contributed by atoms with Gasteiger partial charge in [-0.3, -0.25) is 20.2 Å². The number of nitro benzene ring substituents is 2. The lowest BCUT2D eigenvalue weighted by Crippen LogP contribution is -2.10. The molecule has 0 aromatic heterocycles. The molecule has 0 fully saturated rings. The Morgan fingerprint density at radius 1 is 0.828 bits per heavy atom. The van der Waals surface area contributed by atoms with Crippen molar-refractivity contribution >= 4 is 35.3 Å². The van der Waals surface area contributed by atoms with Crippen LogP contribution in [0.15, 0.2) is 36.4 Å². The van der Waals surface area contributed by atoms with E-state index in [9.17, 15) is 39.4 Å². The number of carbonyl (C=O) groups excluding carboxylic acids is 2. The van der Waals surface area contributed by atoms with Crippen molar-refractivity contribution in [2.24, 2.45) is 0 Å². The van der Waals surface area contributed by atoms with E-state index in [4.69, 9.17) is 10.2 Å². The highest BCUT2D eigenvalue weighted by Gasteiger charge is 2.36. The lowest BCUT2D eigenvalue weighted by molar-refractivity contribution is -0.385. The van der Waals surface area contributed by atoms with Crippen molar-refractivity contribution < 1.29 is 44.0 Å². The number of esters is 2. The summed E-state index contributed by atoms with van der Waals surface area (Å²) >= 11 is 0. The van der Waals surface area contributed by atoms with Crippen LogP contribution in [-0.4, -0.2) is 43.9 Å². The molecule has 0 saturated carbocycles. The maximum absolute atomic E-state index is 11.1. The van der Waals surface area contributed by atoms with E-state index in [2.05, 4.69) is 4.74 Å². The van der Waals surface area contributed by atoms with Gasteiger partial charge in [-0.25, -0.2) is 19.2 Å². The van der Waals surface area contributed by atoms with Crippen molar-refractivity contribution in [1.29, 1.82) is 0 Å². The van der Waals surface area contributed by atoms with Crippen LogP contribution >= 0.6 is 0 Å². The number of nitro groups is 2. The fourth-order valence-corrected chi connectivity index (χ4v) is 2.36. The van der Waals surface area contributed by atoms with Gasteiger partial charge in [0.05, 0.1) is 21.0 Å². The fraction of sp³-hybridized carbons (Fsp3) is 0. The third-order valence-electron chi connectivity index (χ3n) is 3.53. The topological polar surface area (TPSA) is 204 Å². The molecule has 13 nitrogen and oxygen atoms in total. The Kier molecular flexibility index (Phi) is 5.63. The minimum absolute atomic E-state index is 0.0517. The third-order valence-corrected chi connectivity index (χ3v) is 3.53. The molecule has 0 amide bonds. The Morgan fingerprint density at radius 2 is 1.38 bits per heavy atom. The molecule has 1 aliphatic rings. The van der Waals surface area contributed by atoms with E-state index >= 15 is 0 Å². The second-order valence-corrected chi connectivity index (χ2v) is 5.20. The summed E-state index contributed by atoms with van der Waals surface area (Å²) in [5, 5.41) is 38.3. The second-order valence-electron chi connectivity index (χ2n) is 5.20. The van der Waals surface area contributed by atoms with Gasteiger partial charge in [0.2, 0.25) is 0 Å². The van der Waals surface area contributed by atoms with Crippen molar-refractivity contribution in [2.45, 2.75) is 0 Å². The van der Waals surface area contributed by atoms with Crippen LogP contribution in [0.2, 0.25) is 0 Å². The minimum Gasteiger partial charge on any atom is -0.478 e. The highest BCUT2D eigenvalue weighted by molar-refractivity contribution is 6.16. The number of nitrogens with zero attached hydrogens (tertiary/aromatic N) is 2. The van der Waals surface area contributed by atoms with E-state index in [0.29, 0.717) is 0 Å². The SMILES string of the molecule is O=C(O)c1cccc([N+](=O)[O-])c1C(=O)O.O=C1OC(=O)c2c1cccc2[N+](=O)[O-]. The number of carboxylic acids is 2. The van der Waals surface area contributed by atoms with Crippen LogP contribution in [0.1, 0.15) is 41.4 Å². The molecule has 1 heterocycles. The number of ether oxygens (including phenoxy) is 1. The molecule has 0 unspecified atom stereocenters. The first-order valence-corrected chi connectivity index (χ1v) is 7.34. The van der Waals surface area contributed by atoms with Crippen LogP contribution in [0, 0.1) is 20.2 Å². The molecule has 2 aromatic rings. The van der Waals surface area contributed by atoms with Crippen LogP contribution in [0.4, 0.5) is 11.4 Å². The van der Waals surface area contributed by atoms with E-state index < -0.39 is 56.2 Å². The van der Waals surface area contributed by atoms with Crippen LogP contribution in [0.5, 0.6) is 0 Å². The van der Waals surface area contributed by atoms with Gasteiger partial charge in [0.1, 0.15) is 0 Å². The Balaban J connectivity index is 0.000000207. The summed E-state index contributed by atoms with van der Waals surface area (Å²) in [4.78, 5) is 62.6. The largest absolute Gasteiger partial charge is 0.478 e. The smallest absolute Gasteiger partial charge is 0.353 e. The molecule has 0 atom stereocenters. The summed E-state index contributed by atoms with van der Waals surface area (Å²) in [5.41, 5.74) is -2.86. The lowest BCUT2D eigenvalue weighted by Gasteiger charge is -2.01. The zero-order valence-electron chi connectivity index (χ0n) is 13.9. The highest BCUT2D eigenvalue weighted by atomic mass is 16.6. The molecule has 0 aliphatic carbocycles. The predicted octanol–water partition coefficient (Wildman–Crippen LogP) is 1.90. The normalized spacial score (nSPS) is 11.6. The Labute approximate surface area is 159 Å². The van der Waals surface area contributed by atoms with Crippen LogP contribution < -0.4 is 0 Å². The summed E-state index contributed by atoms with van der Waals surface area (Å²) in [6.07, 6.45) is 0. The molecule has 0 radical (unpaired) electrons. The number of carbonyl (C=O) groups is 4. The van der Waals surface area contributed by atoms with E-state index in [1.807, 2.05) is 0 Å². The molecule has 1 aliphatic heterocycles. The van der Waals surface area contributed by atoms with Crippen LogP contribution in [0.25, 0.3) is 0 Å². The number of benzene rings is 2. The number of hydrogen-bond acceptors (Lipinski definition) is 9. The Bertz CT molecular complexity index is 1060. The Morgan fingerprint density at radius 3 is 1.90 bits per heavy atom. The van der Waals surface area contributed by atoms with Gasteiger partial charge in [-0.2, -0.15) is 0 Å². The number of carboxylic acid groups (broad SMARTS) is 2. The van der Waals surface area contributed by atoms with E-state index in [1.165, 1.54) is 12.1 Å². The average Bonchev–Trinajstić information content (AvgIpc) is 2.95. The molecule has 3 rings (SSSR count). The van der Waals surface area contributed by atoms with Gasteiger partial charge >= 0.3 is 23.9 Å². The molecule has 148 valence electrons. The molecule has 29 heavy (non-hydrogen) atoms. The standard InChI is InChI=1S/C8H5NO6.C8H3NO5/c10-7(11)4-2-1-3-5(9(14)15)6(4)8(12)13;10-7-4-2-1-3-5(9(12)13)6(4)8(11)14-7/h1-3H,(H,10,11)(H,12,13);1-3H. The summed E-state index contributed by atoms with van der Waals surface area (Å²) in [7, 11) is 0. The van der Waals surface area contributed by atoms with E-state index in [-0.39, 0.29) is 11.1 Å². The summed E-state index contributed by atoms with van der Waals surface area (Å²) < 4.78 is 4.24. The van der Waals surface area contributed by atoms with E-state index in [1.54, 1.807) is 0 Å². The molecule has 0 saturated heterocycles. The molecule has 13 heteroatoms. The van der Waals surface area contributed by atoms with Crippen molar-refractivity contribution in [1.82, 2.24) is 0 Å². The van der Waals surface area contributed by atoms with Crippen LogP contribution in [-0.2, 0) is 4.74 Å². The quantitative estimate of drug-likeness (QED) is 0.326. The average molecular weight is 404 g/mol. The number of fused-ring (bicyclic) bond motifs is 1. The number of rotatable bonds is 4. The van der Waals surface area contributed by atoms with Gasteiger partial charge in [0.15, 0.2) is 11.1 Å². The predicted molar refractivity (Wildman–Crippen MR) is 89.9 cm³/mol.